The number of anilines is 2. The number of nitrogens with one attached hydrogen (secondary N) is 2. The number of methoxy groups -OCH3 is 2. The fourth-order valence-electron chi connectivity index (χ4n) is 4.21. The molecule has 0 heterocycles. The Balaban J connectivity index is 1.59. The van der Waals surface area contributed by atoms with Crippen LogP contribution in [-0.2, 0) is 9.47 Å². The van der Waals surface area contributed by atoms with Gasteiger partial charge in [0.1, 0.15) is 0 Å². The van der Waals surface area contributed by atoms with Crippen LogP contribution in [0.2, 0.25) is 0 Å². The zero-order valence-corrected chi connectivity index (χ0v) is 23.2. The van der Waals surface area contributed by atoms with Crippen molar-refractivity contribution >= 4 is 47.1 Å². The van der Waals surface area contributed by atoms with Crippen LogP contribution in [-0.4, -0.2) is 60.1 Å². The van der Waals surface area contributed by atoms with Gasteiger partial charge in [-0.25, -0.2) is 19.2 Å². The monoisotopic (exact) mass is 596 g/mol. The van der Waals surface area contributed by atoms with E-state index >= 15 is 0 Å². The molecule has 0 aromatic heterocycles. The second-order valence-corrected chi connectivity index (χ2v) is 9.18. The lowest BCUT2D eigenvalue weighted by Gasteiger charge is -2.12. The molecule has 0 atom stereocenters. The van der Waals surface area contributed by atoms with E-state index in [1.807, 2.05) is 0 Å². The molecule has 0 aliphatic carbocycles. The first-order valence-corrected chi connectivity index (χ1v) is 12.8. The summed E-state index contributed by atoms with van der Waals surface area (Å²) in [5.41, 5.74) is 0.699. The predicted molar refractivity (Wildman–Crippen MR) is 157 cm³/mol. The highest BCUT2D eigenvalue weighted by Gasteiger charge is 2.21. The number of benzene rings is 4. The number of carbonyl (C=O) groups is 6. The molecule has 4 aromatic rings. The van der Waals surface area contributed by atoms with Crippen LogP contribution in [0, 0.1) is 0 Å². The Morgan fingerprint density at radius 2 is 0.841 bits per heavy atom. The highest BCUT2D eigenvalue weighted by atomic mass is 16.5. The maximum atomic E-state index is 12.9. The Morgan fingerprint density at radius 1 is 0.500 bits per heavy atom. The predicted octanol–water partition coefficient (Wildman–Crippen LogP) is 4.83. The molecule has 4 aromatic carbocycles. The number of carboxylic acid groups (broad SMARTS) is 2. The van der Waals surface area contributed by atoms with Crippen LogP contribution in [0.4, 0.5) is 11.4 Å². The van der Waals surface area contributed by atoms with E-state index < -0.39 is 35.7 Å². The molecule has 0 radical (unpaired) electrons. The van der Waals surface area contributed by atoms with Gasteiger partial charge in [-0.15, -0.1) is 0 Å². The first-order chi connectivity index (χ1) is 21.0. The Morgan fingerprint density at radius 3 is 1.14 bits per heavy atom. The van der Waals surface area contributed by atoms with Crippen molar-refractivity contribution in [1.82, 2.24) is 0 Å². The molecule has 12 heteroatoms. The van der Waals surface area contributed by atoms with Gasteiger partial charge in [0.2, 0.25) is 0 Å². The van der Waals surface area contributed by atoms with Crippen molar-refractivity contribution in [2.45, 2.75) is 0 Å². The first-order valence-electron chi connectivity index (χ1n) is 12.8. The van der Waals surface area contributed by atoms with Gasteiger partial charge in [-0.05, 0) is 83.9 Å². The Hall–Kier alpha value is -6.30. The van der Waals surface area contributed by atoms with E-state index in [1.54, 1.807) is 0 Å². The van der Waals surface area contributed by atoms with Gasteiger partial charge >= 0.3 is 23.9 Å². The second-order valence-electron chi connectivity index (χ2n) is 9.18. The fourth-order valence-corrected chi connectivity index (χ4v) is 4.21. The number of hydrogen-bond acceptors (Lipinski definition) is 8. The molecule has 0 unspecified atom stereocenters. The number of esters is 2. The first kappa shape index (κ1) is 30.7. The number of rotatable bonds is 9. The molecule has 0 saturated carbocycles. The normalized spacial score (nSPS) is 10.3. The van der Waals surface area contributed by atoms with Gasteiger partial charge in [-0.2, -0.15) is 0 Å². The van der Waals surface area contributed by atoms with Crippen LogP contribution in [0.15, 0.2) is 84.9 Å². The van der Waals surface area contributed by atoms with Crippen LogP contribution < -0.4 is 10.6 Å². The van der Waals surface area contributed by atoms with E-state index in [1.165, 1.54) is 99.1 Å². The molecule has 222 valence electrons. The number of amides is 2. The summed E-state index contributed by atoms with van der Waals surface area (Å²) in [5.74, 6) is -5.36. The summed E-state index contributed by atoms with van der Waals surface area (Å²) in [7, 11) is 2.47. The minimum absolute atomic E-state index is 0.161. The lowest BCUT2D eigenvalue weighted by molar-refractivity contribution is 0.0592. The highest BCUT2D eigenvalue weighted by Crippen LogP contribution is 2.27. The zero-order valence-electron chi connectivity index (χ0n) is 23.2. The summed E-state index contributed by atoms with van der Waals surface area (Å²) in [6, 6.07) is 19.5. The maximum Gasteiger partial charge on any atom is 0.337 e. The van der Waals surface area contributed by atoms with Crippen molar-refractivity contribution in [3.05, 3.63) is 118 Å². The number of ether oxygens (including phenoxy) is 2. The fraction of sp³-hybridized carbons (Fsp3) is 0.0625. The van der Waals surface area contributed by atoms with E-state index in [2.05, 4.69) is 20.1 Å². The molecule has 0 aliphatic heterocycles. The van der Waals surface area contributed by atoms with Gasteiger partial charge in [0, 0.05) is 11.4 Å². The summed E-state index contributed by atoms with van der Waals surface area (Å²) in [4.78, 5) is 73.3. The van der Waals surface area contributed by atoms with E-state index in [0.29, 0.717) is 11.4 Å². The minimum atomic E-state index is -1.40. The van der Waals surface area contributed by atoms with Crippen molar-refractivity contribution in [2.75, 3.05) is 24.9 Å². The standard InChI is InChI=1S/C32H24N2O10/c1-43-31(41)17-3-9-21(10-4-17)33-27(35)23-13-7-19(15-25(23)29(37)38)20-8-14-24(26(16-20)30(39)40)28(36)34-22-11-5-18(6-12-22)32(42)44-2/h3-16H,1-2H3,(H,33,35)(H,34,36)(H,37,38)(H,39,40). The second kappa shape index (κ2) is 13.1. The van der Waals surface area contributed by atoms with Crippen LogP contribution in [0.5, 0.6) is 0 Å². The number of carboxylic acids is 2. The van der Waals surface area contributed by atoms with Crippen molar-refractivity contribution in [1.29, 1.82) is 0 Å². The molecule has 0 bridgehead atoms. The third kappa shape index (κ3) is 6.77. The number of carbonyl (C=O) groups excluding carboxylic acids is 4. The maximum absolute atomic E-state index is 12.9. The zero-order chi connectivity index (χ0) is 32.0. The van der Waals surface area contributed by atoms with Crippen molar-refractivity contribution in [3.63, 3.8) is 0 Å². The summed E-state index contributed by atoms with van der Waals surface area (Å²) in [6.45, 7) is 0. The number of aromatic carboxylic acids is 2. The van der Waals surface area contributed by atoms with Gasteiger partial charge in [0.05, 0.1) is 47.6 Å². The van der Waals surface area contributed by atoms with Crippen LogP contribution >= 0.6 is 0 Å². The molecule has 0 aliphatic rings. The molecule has 2 amide bonds. The quantitative estimate of drug-likeness (QED) is 0.195. The van der Waals surface area contributed by atoms with Crippen LogP contribution in [0.3, 0.4) is 0 Å². The topological polar surface area (TPSA) is 185 Å². The van der Waals surface area contributed by atoms with Gasteiger partial charge in [0.25, 0.3) is 11.8 Å². The number of hydrogen-bond donors (Lipinski definition) is 4. The molecule has 44 heavy (non-hydrogen) atoms. The van der Waals surface area contributed by atoms with Crippen molar-refractivity contribution in [3.8, 4) is 11.1 Å². The van der Waals surface area contributed by atoms with E-state index in [0.717, 1.165) is 0 Å². The largest absolute Gasteiger partial charge is 0.478 e. The molecule has 0 saturated heterocycles. The molecule has 0 spiro atoms. The molecule has 4 N–H and O–H groups in total. The van der Waals surface area contributed by atoms with Gasteiger partial charge in [0.15, 0.2) is 0 Å². The van der Waals surface area contributed by atoms with Gasteiger partial charge < -0.3 is 30.3 Å². The minimum Gasteiger partial charge on any atom is -0.478 e. The van der Waals surface area contributed by atoms with Crippen LogP contribution in [0.25, 0.3) is 11.1 Å². The SMILES string of the molecule is COC(=O)c1ccc(NC(=O)c2ccc(-c3ccc(C(=O)Nc4ccc(C(=O)OC)cc4)c(C(=O)O)c3)cc2C(=O)O)cc1. The van der Waals surface area contributed by atoms with E-state index in [4.69, 9.17) is 0 Å². The van der Waals surface area contributed by atoms with Gasteiger partial charge in [-0.3, -0.25) is 9.59 Å². The van der Waals surface area contributed by atoms with Crippen molar-refractivity contribution < 1.29 is 48.5 Å². The molecule has 12 nitrogen and oxygen atoms in total. The molecule has 4 rings (SSSR count). The average molecular weight is 597 g/mol. The van der Waals surface area contributed by atoms with E-state index in [-0.39, 0.29) is 44.5 Å². The summed E-state index contributed by atoms with van der Waals surface area (Å²) < 4.78 is 9.27. The summed E-state index contributed by atoms with van der Waals surface area (Å²) in [5, 5.41) is 24.8. The lowest BCUT2D eigenvalue weighted by Crippen LogP contribution is -2.17. The molecule has 0 fully saturated rings. The summed E-state index contributed by atoms with van der Waals surface area (Å²) >= 11 is 0. The van der Waals surface area contributed by atoms with Gasteiger partial charge in [-0.1, -0.05) is 12.1 Å². The Labute approximate surface area is 249 Å². The smallest absolute Gasteiger partial charge is 0.337 e. The Bertz CT molecular complexity index is 1660. The summed E-state index contributed by atoms with van der Waals surface area (Å²) in [6.07, 6.45) is 0. The van der Waals surface area contributed by atoms with E-state index in [9.17, 15) is 39.0 Å². The highest BCUT2D eigenvalue weighted by molar-refractivity contribution is 6.13. The van der Waals surface area contributed by atoms with Crippen molar-refractivity contribution in [2.24, 2.45) is 0 Å². The Kier molecular flexibility index (Phi) is 9.14. The molecular weight excluding hydrogens is 572 g/mol. The average Bonchev–Trinajstić information content (AvgIpc) is 3.04. The third-order valence-corrected chi connectivity index (χ3v) is 6.45. The lowest BCUT2D eigenvalue weighted by atomic mass is 9.95. The van der Waals surface area contributed by atoms with Crippen LogP contribution in [0.1, 0.15) is 62.1 Å². The third-order valence-electron chi connectivity index (χ3n) is 6.45. The molecular formula is C32H24N2O10.